The van der Waals surface area contributed by atoms with Crippen LogP contribution in [0.1, 0.15) is 29.5 Å². The van der Waals surface area contributed by atoms with E-state index < -0.39 is 0 Å². The van der Waals surface area contributed by atoms with Gasteiger partial charge in [0.25, 0.3) is 0 Å². The van der Waals surface area contributed by atoms with Crippen molar-refractivity contribution in [1.29, 1.82) is 0 Å². The predicted molar refractivity (Wildman–Crippen MR) is 107 cm³/mol. The smallest absolute Gasteiger partial charge is 0.191 e. The average Bonchev–Trinajstić information content (AvgIpc) is 3.20. The van der Waals surface area contributed by atoms with Crippen LogP contribution in [0.2, 0.25) is 0 Å². The van der Waals surface area contributed by atoms with Crippen molar-refractivity contribution in [2.24, 2.45) is 4.99 Å². The summed E-state index contributed by atoms with van der Waals surface area (Å²) in [6.45, 7) is 1.95. The summed E-state index contributed by atoms with van der Waals surface area (Å²) in [5, 5.41) is 6.88. The monoisotopic (exact) mass is 349 g/mol. The fourth-order valence-corrected chi connectivity index (χ4v) is 3.03. The highest BCUT2D eigenvalue weighted by Gasteiger charge is 2.12. The zero-order valence-corrected chi connectivity index (χ0v) is 15.3. The number of ether oxygens (including phenoxy) is 1. The Hall–Kier alpha value is -2.59. The Morgan fingerprint density at radius 3 is 2.38 bits per heavy atom. The van der Waals surface area contributed by atoms with E-state index in [-0.39, 0.29) is 0 Å². The highest BCUT2D eigenvalue weighted by Crippen LogP contribution is 2.12. The Kier molecular flexibility index (Phi) is 6.85. The van der Waals surface area contributed by atoms with Gasteiger partial charge in [-0.1, -0.05) is 66.7 Å². The highest BCUT2D eigenvalue weighted by molar-refractivity contribution is 5.80. The van der Waals surface area contributed by atoms with Crippen molar-refractivity contribution in [2.45, 2.75) is 38.6 Å². The van der Waals surface area contributed by atoms with Crippen LogP contribution >= 0.6 is 0 Å². The summed E-state index contributed by atoms with van der Waals surface area (Å²) in [4.78, 5) is 4.33. The van der Waals surface area contributed by atoms with Gasteiger partial charge in [-0.25, -0.2) is 0 Å². The fourth-order valence-electron chi connectivity index (χ4n) is 3.03. The molecule has 0 aliphatic heterocycles. The van der Waals surface area contributed by atoms with Crippen molar-refractivity contribution in [3.05, 3.63) is 83.4 Å². The summed E-state index contributed by atoms with van der Waals surface area (Å²) in [6, 6.07) is 19.1. The van der Waals surface area contributed by atoms with E-state index in [1.807, 2.05) is 25.2 Å². The largest absolute Gasteiger partial charge is 0.372 e. The molecule has 1 aliphatic rings. The molecule has 0 bridgehead atoms. The summed E-state index contributed by atoms with van der Waals surface area (Å²) in [5.74, 6) is 0.846. The number of rotatable bonds is 7. The Morgan fingerprint density at radius 2 is 1.65 bits per heavy atom. The summed E-state index contributed by atoms with van der Waals surface area (Å²) < 4.78 is 5.91. The lowest BCUT2D eigenvalue weighted by molar-refractivity contribution is 0.106. The topological polar surface area (TPSA) is 45.7 Å². The van der Waals surface area contributed by atoms with E-state index in [0.717, 1.165) is 25.3 Å². The van der Waals surface area contributed by atoms with Gasteiger partial charge >= 0.3 is 0 Å². The van der Waals surface area contributed by atoms with E-state index in [1.54, 1.807) is 0 Å². The summed E-state index contributed by atoms with van der Waals surface area (Å²) in [5.41, 5.74) is 3.62. The van der Waals surface area contributed by atoms with Crippen LogP contribution in [-0.4, -0.2) is 19.0 Å². The third-order valence-corrected chi connectivity index (χ3v) is 4.51. The Balaban J connectivity index is 1.51. The Labute approximate surface area is 156 Å². The number of nitrogens with zero attached hydrogens (tertiary/aromatic N) is 1. The summed E-state index contributed by atoms with van der Waals surface area (Å²) >= 11 is 0. The summed E-state index contributed by atoms with van der Waals surface area (Å²) in [7, 11) is 1.81. The number of nitrogens with one attached hydrogen (secondary N) is 2. The van der Waals surface area contributed by atoms with Crippen LogP contribution in [0.15, 0.2) is 71.7 Å². The van der Waals surface area contributed by atoms with Gasteiger partial charge in [0.15, 0.2) is 5.96 Å². The first-order valence-corrected chi connectivity index (χ1v) is 9.16. The Morgan fingerprint density at radius 1 is 0.962 bits per heavy atom. The molecular weight excluding hydrogens is 322 g/mol. The molecule has 0 radical (unpaired) electrons. The maximum absolute atomic E-state index is 5.91. The van der Waals surface area contributed by atoms with Gasteiger partial charge in [-0.05, 0) is 29.5 Å². The lowest BCUT2D eigenvalue weighted by atomic mass is 10.1. The minimum atomic E-state index is 0.450. The molecule has 0 aromatic heterocycles. The zero-order valence-electron chi connectivity index (χ0n) is 15.3. The van der Waals surface area contributed by atoms with Gasteiger partial charge < -0.3 is 15.4 Å². The molecule has 4 nitrogen and oxygen atoms in total. The van der Waals surface area contributed by atoms with E-state index in [4.69, 9.17) is 4.74 Å². The van der Waals surface area contributed by atoms with Crippen molar-refractivity contribution < 1.29 is 4.74 Å². The number of hydrogen-bond acceptors (Lipinski definition) is 2. The van der Waals surface area contributed by atoms with Crippen molar-refractivity contribution in [3.63, 3.8) is 0 Å². The molecule has 0 atom stereocenters. The number of aliphatic imine (C=N–C) groups is 1. The van der Waals surface area contributed by atoms with Gasteiger partial charge in [0.2, 0.25) is 0 Å². The first-order chi connectivity index (χ1) is 12.8. The zero-order chi connectivity index (χ0) is 18.0. The SMILES string of the molecule is CN=C(NCc1ccccc1COCc1ccccc1)NC1CC=CC1. The van der Waals surface area contributed by atoms with E-state index >= 15 is 0 Å². The molecule has 0 unspecified atom stereocenters. The third kappa shape index (κ3) is 5.46. The molecule has 0 heterocycles. The molecule has 1 aliphatic carbocycles. The third-order valence-electron chi connectivity index (χ3n) is 4.51. The van der Waals surface area contributed by atoms with Crippen LogP contribution in [0, 0.1) is 0 Å². The number of benzene rings is 2. The van der Waals surface area contributed by atoms with Crippen molar-refractivity contribution in [2.75, 3.05) is 7.05 Å². The standard InChI is InChI=1S/C22H27N3O/c1-23-22(25-21-13-7-8-14-21)24-15-19-11-5-6-12-20(19)17-26-16-18-9-3-2-4-10-18/h2-12,21H,13-17H2,1H3,(H2,23,24,25). The minimum absolute atomic E-state index is 0.450. The van der Waals surface area contributed by atoms with Crippen LogP contribution in [-0.2, 0) is 24.5 Å². The maximum Gasteiger partial charge on any atom is 0.191 e. The number of hydrogen-bond donors (Lipinski definition) is 2. The van der Waals surface area contributed by atoms with Crippen LogP contribution in [0.4, 0.5) is 0 Å². The Bertz CT molecular complexity index is 732. The van der Waals surface area contributed by atoms with Gasteiger partial charge in [-0.2, -0.15) is 0 Å². The molecule has 2 aromatic rings. The molecule has 0 amide bonds. The average molecular weight is 349 g/mol. The van der Waals surface area contributed by atoms with Crippen LogP contribution in [0.25, 0.3) is 0 Å². The fraction of sp³-hybridized carbons (Fsp3) is 0.318. The van der Waals surface area contributed by atoms with Gasteiger partial charge in [-0.15, -0.1) is 0 Å². The quantitative estimate of drug-likeness (QED) is 0.454. The molecule has 0 spiro atoms. The lowest BCUT2D eigenvalue weighted by Gasteiger charge is -2.18. The second-order valence-corrected chi connectivity index (χ2v) is 6.46. The molecular formula is C22H27N3O. The molecule has 136 valence electrons. The van der Waals surface area contributed by atoms with Crippen molar-refractivity contribution in [3.8, 4) is 0 Å². The second-order valence-electron chi connectivity index (χ2n) is 6.46. The normalized spacial score (nSPS) is 14.6. The van der Waals surface area contributed by atoms with E-state index in [1.165, 1.54) is 16.7 Å². The van der Waals surface area contributed by atoms with E-state index in [0.29, 0.717) is 19.3 Å². The van der Waals surface area contributed by atoms with Crippen LogP contribution in [0.5, 0.6) is 0 Å². The van der Waals surface area contributed by atoms with Gasteiger partial charge in [-0.3, -0.25) is 4.99 Å². The molecule has 4 heteroatoms. The van der Waals surface area contributed by atoms with E-state index in [2.05, 4.69) is 64.2 Å². The van der Waals surface area contributed by atoms with E-state index in [9.17, 15) is 0 Å². The van der Waals surface area contributed by atoms with Crippen molar-refractivity contribution >= 4 is 5.96 Å². The minimum Gasteiger partial charge on any atom is -0.372 e. The number of guanidine groups is 1. The molecule has 0 saturated carbocycles. The highest BCUT2D eigenvalue weighted by atomic mass is 16.5. The van der Waals surface area contributed by atoms with Crippen LogP contribution in [0.3, 0.4) is 0 Å². The second kappa shape index (κ2) is 9.78. The molecule has 0 fully saturated rings. The van der Waals surface area contributed by atoms with Gasteiger partial charge in [0.05, 0.1) is 13.2 Å². The molecule has 26 heavy (non-hydrogen) atoms. The van der Waals surface area contributed by atoms with Gasteiger partial charge in [0.1, 0.15) is 0 Å². The predicted octanol–water partition coefficient (Wildman–Crippen LogP) is 3.79. The van der Waals surface area contributed by atoms with Gasteiger partial charge in [0, 0.05) is 19.6 Å². The first kappa shape index (κ1) is 18.2. The maximum atomic E-state index is 5.91. The lowest BCUT2D eigenvalue weighted by Crippen LogP contribution is -2.42. The first-order valence-electron chi connectivity index (χ1n) is 9.16. The summed E-state index contributed by atoms with van der Waals surface area (Å²) in [6.07, 6.45) is 6.55. The van der Waals surface area contributed by atoms with Crippen LogP contribution < -0.4 is 10.6 Å². The molecule has 3 rings (SSSR count). The molecule has 0 saturated heterocycles. The molecule has 2 aromatic carbocycles. The van der Waals surface area contributed by atoms with Crippen molar-refractivity contribution in [1.82, 2.24) is 10.6 Å². The molecule has 2 N–H and O–H groups in total.